The van der Waals surface area contributed by atoms with E-state index in [1.807, 2.05) is 54.0 Å². The molecule has 1 saturated heterocycles. The van der Waals surface area contributed by atoms with Crippen molar-refractivity contribution in [2.45, 2.75) is 51.0 Å². The number of imidazole rings is 1. The van der Waals surface area contributed by atoms with Gasteiger partial charge in [0.15, 0.2) is 5.78 Å². The van der Waals surface area contributed by atoms with Crippen LogP contribution in [-0.2, 0) is 4.79 Å². The molecule has 1 aromatic carbocycles. The average Bonchev–Trinajstić information content (AvgIpc) is 3.57. The number of piperidine rings is 1. The highest BCUT2D eigenvalue weighted by atomic mass is 32.1. The maximum absolute atomic E-state index is 13.1. The van der Waals surface area contributed by atoms with Gasteiger partial charge in [-0.1, -0.05) is 49.2 Å². The molecule has 1 atom stereocenters. The van der Waals surface area contributed by atoms with Crippen LogP contribution in [-0.4, -0.2) is 46.7 Å². The second-order valence-electron chi connectivity index (χ2n) is 9.19. The number of hydrogen-bond donors (Lipinski definition) is 2. The summed E-state index contributed by atoms with van der Waals surface area (Å²) in [4.78, 5) is 36.5. The van der Waals surface area contributed by atoms with Crippen LogP contribution < -0.4 is 5.32 Å². The van der Waals surface area contributed by atoms with Crippen molar-refractivity contribution in [1.82, 2.24) is 20.2 Å². The number of aromatic nitrogens is 2. The molecule has 7 heteroatoms. The Morgan fingerprint density at radius 3 is 2.65 bits per heavy atom. The molecule has 0 saturated carbocycles. The van der Waals surface area contributed by atoms with E-state index in [1.165, 1.54) is 11.3 Å². The van der Waals surface area contributed by atoms with Gasteiger partial charge in [0.1, 0.15) is 5.82 Å². The maximum Gasteiger partial charge on any atom is 0.223 e. The van der Waals surface area contributed by atoms with Crippen molar-refractivity contribution in [3.8, 4) is 11.3 Å². The monoisotopic (exact) mass is 478 g/mol. The molecule has 0 unspecified atom stereocenters. The quantitative estimate of drug-likeness (QED) is 0.283. The predicted molar refractivity (Wildman–Crippen MR) is 137 cm³/mol. The van der Waals surface area contributed by atoms with Gasteiger partial charge in [0.05, 0.1) is 22.8 Å². The van der Waals surface area contributed by atoms with E-state index in [1.54, 1.807) is 0 Å². The first-order valence-electron chi connectivity index (χ1n) is 12.3. The first-order valence-corrected chi connectivity index (χ1v) is 13.1. The number of likely N-dealkylation sites (tertiary alicyclic amines) is 1. The lowest BCUT2D eigenvalue weighted by atomic mass is 9.95. The van der Waals surface area contributed by atoms with E-state index in [0.717, 1.165) is 73.6 Å². The molecular weight excluding hydrogens is 444 g/mol. The number of nitrogens with zero attached hydrogens (tertiary/aromatic N) is 2. The van der Waals surface area contributed by atoms with Gasteiger partial charge in [-0.3, -0.25) is 9.59 Å². The number of aromatic amines is 1. The average molecular weight is 479 g/mol. The number of rotatable bonds is 11. The number of hydrogen-bond acceptors (Lipinski definition) is 5. The van der Waals surface area contributed by atoms with Crippen LogP contribution in [0.1, 0.15) is 66.5 Å². The lowest BCUT2D eigenvalue weighted by molar-refractivity contribution is -0.127. The van der Waals surface area contributed by atoms with E-state index in [2.05, 4.69) is 27.2 Å². The highest BCUT2D eigenvalue weighted by molar-refractivity contribution is 7.12. The van der Waals surface area contributed by atoms with Crippen molar-refractivity contribution < 1.29 is 9.59 Å². The van der Waals surface area contributed by atoms with Gasteiger partial charge in [-0.2, -0.15) is 0 Å². The number of ketones is 1. The number of benzene rings is 1. The molecule has 0 radical (unpaired) electrons. The van der Waals surface area contributed by atoms with E-state index in [4.69, 9.17) is 0 Å². The summed E-state index contributed by atoms with van der Waals surface area (Å²) in [5, 5.41) is 5.23. The van der Waals surface area contributed by atoms with Crippen molar-refractivity contribution in [3.05, 3.63) is 64.7 Å². The third-order valence-electron chi connectivity index (χ3n) is 6.61. The summed E-state index contributed by atoms with van der Waals surface area (Å²) in [5.41, 5.74) is 2.03. The minimum absolute atomic E-state index is 0.0608. The predicted octanol–water partition coefficient (Wildman–Crippen LogP) is 5.47. The number of Topliss-reactive ketones (excluding diaryl/α,β-unsaturated/α-hetero) is 1. The van der Waals surface area contributed by atoms with Crippen LogP contribution in [0.4, 0.5) is 0 Å². The summed E-state index contributed by atoms with van der Waals surface area (Å²) in [5.74, 6) is 1.21. The molecule has 2 N–H and O–H groups in total. The molecule has 1 aliphatic heterocycles. The van der Waals surface area contributed by atoms with Crippen LogP contribution in [0.15, 0.2) is 54.0 Å². The second-order valence-corrected chi connectivity index (χ2v) is 10.1. The topological polar surface area (TPSA) is 78.1 Å². The van der Waals surface area contributed by atoms with Crippen molar-refractivity contribution in [3.63, 3.8) is 0 Å². The number of thiophene rings is 1. The molecule has 0 bridgehead atoms. The number of H-pyrrole nitrogens is 1. The number of carbonyl (C=O) groups excluding carboxylic acids is 2. The van der Waals surface area contributed by atoms with Crippen LogP contribution in [0.3, 0.4) is 0 Å². The number of unbranched alkanes of at least 4 members (excludes halogenated alkanes) is 2. The minimum atomic E-state index is -0.155. The molecule has 3 heterocycles. The molecule has 1 fully saturated rings. The van der Waals surface area contributed by atoms with Gasteiger partial charge in [-0.25, -0.2) is 4.98 Å². The van der Waals surface area contributed by atoms with Crippen LogP contribution >= 0.6 is 11.3 Å². The van der Waals surface area contributed by atoms with E-state index in [9.17, 15) is 9.59 Å². The highest BCUT2D eigenvalue weighted by Crippen LogP contribution is 2.25. The molecule has 4 rings (SSSR count). The van der Waals surface area contributed by atoms with Gasteiger partial charge in [-0.15, -0.1) is 11.3 Å². The number of carbonyl (C=O) groups is 2. The molecule has 0 aliphatic carbocycles. The molecule has 34 heavy (non-hydrogen) atoms. The number of amides is 1. The molecular formula is C27H34N4O2S. The SMILES string of the molecule is CN1CCC(C(=O)N[C@@H](CCCCCC(=O)c2cccs2)c2ncc(-c3ccccc3)[nH]2)CC1. The Morgan fingerprint density at radius 2 is 1.91 bits per heavy atom. The fourth-order valence-corrected chi connectivity index (χ4v) is 5.18. The van der Waals surface area contributed by atoms with Crippen molar-refractivity contribution in [2.75, 3.05) is 20.1 Å². The van der Waals surface area contributed by atoms with E-state index in [0.29, 0.717) is 6.42 Å². The number of nitrogens with one attached hydrogen (secondary N) is 2. The van der Waals surface area contributed by atoms with E-state index >= 15 is 0 Å². The summed E-state index contributed by atoms with van der Waals surface area (Å²) < 4.78 is 0. The zero-order valence-electron chi connectivity index (χ0n) is 19.8. The maximum atomic E-state index is 13.1. The molecule has 0 spiro atoms. The third kappa shape index (κ3) is 6.64. The van der Waals surface area contributed by atoms with Crippen LogP contribution in [0.5, 0.6) is 0 Å². The van der Waals surface area contributed by atoms with Crippen LogP contribution in [0.25, 0.3) is 11.3 Å². The summed E-state index contributed by atoms with van der Waals surface area (Å²) >= 11 is 1.51. The Hall–Kier alpha value is -2.77. The summed E-state index contributed by atoms with van der Waals surface area (Å²) in [6.07, 6.45) is 7.75. The van der Waals surface area contributed by atoms with Crippen molar-refractivity contribution in [1.29, 1.82) is 0 Å². The Bertz CT molecular complexity index is 1040. The summed E-state index contributed by atoms with van der Waals surface area (Å²) in [6.45, 7) is 1.92. The van der Waals surface area contributed by atoms with E-state index in [-0.39, 0.29) is 23.7 Å². The van der Waals surface area contributed by atoms with Crippen molar-refractivity contribution >= 4 is 23.0 Å². The standard InChI is InChI=1S/C27H34N4O2S/c1-31-16-14-21(15-17-31)27(33)30-22(11-6-3-7-12-24(32)25-13-8-18-34-25)26-28-19-23(29-26)20-9-4-2-5-10-20/h2,4-5,8-10,13,18-19,21-22H,3,6-7,11-12,14-17H2,1H3,(H,28,29)(H,30,33)/t22-/m0/s1. The normalized spacial score (nSPS) is 15.8. The van der Waals surface area contributed by atoms with Crippen molar-refractivity contribution in [2.24, 2.45) is 5.92 Å². The third-order valence-corrected chi connectivity index (χ3v) is 7.52. The van der Waals surface area contributed by atoms with Gasteiger partial charge < -0.3 is 15.2 Å². The van der Waals surface area contributed by atoms with Gasteiger partial charge in [-0.05, 0) is 62.8 Å². The molecule has 180 valence electrons. The highest BCUT2D eigenvalue weighted by Gasteiger charge is 2.26. The fourth-order valence-electron chi connectivity index (χ4n) is 4.49. The lowest BCUT2D eigenvalue weighted by Crippen LogP contribution is -2.40. The largest absolute Gasteiger partial charge is 0.346 e. The zero-order valence-corrected chi connectivity index (χ0v) is 20.7. The second kappa shape index (κ2) is 12.1. The van der Waals surface area contributed by atoms with Gasteiger partial charge >= 0.3 is 0 Å². The molecule has 3 aromatic rings. The zero-order chi connectivity index (χ0) is 23.8. The lowest BCUT2D eigenvalue weighted by Gasteiger charge is -2.29. The molecule has 2 aromatic heterocycles. The first kappa shape index (κ1) is 24.4. The Morgan fingerprint density at radius 1 is 1.12 bits per heavy atom. The molecule has 6 nitrogen and oxygen atoms in total. The van der Waals surface area contributed by atoms with E-state index < -0.39 is 0 Å². The Balaban J connectivity index is 1.35. The molecule has 1 amide bonds. The summed E-state index contributed by atoms with van der Waals surface area (Å²) in [6, 6.07) is 13.8. The van der Waals surface area contributed by atoms with Gasteiger partial charge in [0.2, 0.25) is 5.91 Å². The fraction of sp³-hybridized carbons (Fsp3) is 0.444. The first-order chi connectivity index (χ1) is 16.6. The molecule has 1 aliphatic rings. The smallest absolute Gasteiger partial charge is 0.223 e. The Labute approximate surface area is 205 Å². The Kier molecular flexibility index (Phi) is 8.66. The summed E-state index contributed by atoms with van der Waals surface area (Å²) in [7, 11) is 2.11. The van der Waals surface area contributed by atoms with Gasteiger partial charge in [0, 0.05) is 12.3 Å². The van der Waals surface area contributed by atoms with Gasteiger partial charge in [0.25, 0.3) is 0 Å². The van der Waals surface area contributed by atoms with Crippen LogP contribution in [0, 0.1) is 5.92 Å². The van der Waals surface area contributed by atoms with Crippen LogP contribution in [0.2, 0.25) is 0 Å². The minimum Gasteiger partial charge on any atom is -0.346 e.